The van der Waals surface area contributed by atoms with Crippen molar-refractivity contribution >= 4 is 27.6 Å². The van der Waals surface area contributed by atoms with Gasteiger partial charge in [0.25, 0.3) is 0 Å². The van der Waals surface area contributed by atoms with Crippen molar-refractivity contribution in [3.05, 3.63) is 42.0 Å². The first-order chi connectivity index (χ1) is 9.53. The Labute approximate surface area is 116 Å². The summed E-state index contributed by atoms with van der Waals surface area (Å²) >= 11 is 0. The molecule has 0 fully saturated rings. The van der Waals surface area contributed by atoms with Crippen molar-refractivity contribution in [2.75, 3.05) is 0 Å². The summed E-state index contributed by atoms with van der Waals surface area (Å²) in [6.07, 6.45) is 0.424. The van der Waals surface area contributed by atoms with Crippen molar-refractivity contribution in [2.45, 2.75) is 25.9 Å². The summed E-state index contributed by atoms with van der Waals surface area (Å²) in [6.45, 7) is 3.90. The van der Waals surface area contributed by atoms with Crippen molar-refractivity contribution in [1.82, 2.24) is 4.98 Å². The first-order valence-electron chi connectivity index (χ1n) is 6.80. The van der Waals surface area contributed by atoms with E-state index in [-0.39, 0.29) is 5.78 Å². The largest absolute Gasteiger partial charge is 0.487 e. The molecule has 0 aliphatic carbocycles. The minimum atomic E-state index is -0.427. The average molecular weight is 265 g/mol. The number of rotatable bonds is 0. The van der Waals surface area contributed by atoms with Crippen molar-refractivity contribution < 1.29 is 9.53 Å². The van der Waals surface area contributed by atoms with Gasteiger partial charge in [0.2, 0.25) is 0 Å². The van der Waals surface area contributed by atoms with E-state index in [1.54, 1.807) is 0 Å². The Hall–Kier alpha value is -2.29. The molecule has 20 heavy (non-hydrogen) atoms. The van der Waals surface area contributed by atoms with Crippen molar-refractivity contribution in [3.63, 3.8) is 0 Å². The SMILES string of the molecule is CC1(C)CC(=O)c2cc3c(cc2O1)[nH]c1ccccc13. The van der Waals surface area contributed by atoms with Gasteiger partial charge >= 0.3 is 0 Å². The van der Waals surface area contributed by atoms with Gasteiger partial charge in [-0.25, -0.2) is 0 Å². The Balaban J connectivity index is 2.05. The van der Waals surface area contributed by atoms with Crippen LogP contribution in [0, 0.1) is 0 Å². The summed E-state index contributed by atoms with van der Waals surface area (Å²) in [5.41, 5.74) is 2.36. The minimum absolute atomic E-state index is 0.156. The van der Waals surface area contributed by atoms with Crippen LogP contribution in [0.4, 0.5) is 0 Å². The third-order valence-electron chi connectivity index (χ3n) is 3.88. The molecule has 4 rings (SSSR count). The van der Waals surface area contributed by atoms with Crippen molar-refractivity contribution in [1.29, 1.82) is 0 Å². The van der Waals surface area contributed by atoms with E-state index in [0.29, 0.717) is 17.7 Å². The number of carbonyl (C=O) groups excluding carboxylic acids is 1. The summed E-state index contributed by atoms with van der Waals surface area (Å²) in [5, 5.41) is 2.22. The van der Waals surface area contributed by atoms with Crippen LogP contribution in [0.5, 0.6) is 5.75 Å². The second-order valence-corrected chi connectivity index (χ2v) is 6.03. The predicted molar refractivity (Wildman–Crippen MR) is 79.5 cm³/mol. The lowest BCUT2D eigenvalue weighted by atomic mass is 9.92. The number of nitrogens with one attached hydrogen (secondary N) is 1. The average Bonchev–Trinajstić information content (AvgIpc) is 2.72. The zero-order valence-electron chi connectivity index (χ0n) is 11.5. The molecule has 1 N–H and O–H groups in total. The lowest BCUT2D eigenvalue weighted by Gasteiger charge is -2.31. The van der Waals surface area contributed by atoms with Gasteiger partial charge in [0.1, 0.15) is 11.4 Å². The number of benzene rings is 2. The van der Waals surface area contributed by atoms with Gasteiger partial charge in [-0.15, -0.1) is 0 Å². The molecule has 1 aliphatic rings. The Morgan fingerprint density at radius 3 is 2.75 bits per heavy atom. The summed E-state index contributed by atoms with van der Waals surface area (Å²) in [7, 11) is 0. The van der Waals surface area contributed by atoms with E-state index >= 15 is 0 Å². The number of fused-ring (bicyclic) bond motifs is 4. The quantitative estimate of drug-likeness (QED) is 0.666. The normalized spacial score (nSPS) is 17.2. The zero-order valence-corrected chi connectivity index (χ0v) is 11.5. The first kappa shape index (κ1) is 11.5. The fourth-order valence-corrected chi connectivity index (χ4v) is 3.00. The number of aromatic nitrogens is 1. The van der Waals surface area contributed by atoms with Gasteiger partial charge in [-0.3, -0.25) is 4.79 Å². The molecule has 1 aromatic heterocycles. The van der Waals surface area contributed by atoms with E-state index in [4.69, 9.17) is 4.74 Å². The van der Waals surface area contributed by atoms with E-state index in [9.17, 15) is 4.79 Å². The summed E-state index contributed by atoms with van der Waals surface area (Å²) in [6, 6.07) is 12.0. The Morgan fingerprint density at radius 1 is 1.10 bits per heavy atom. The van der Waals surface area contributed by atoms with Gasteiger partial charge in [-0.2, -0.15) is 0 Å². The lowest BCUT2D eigenvalue weighted by molar-refractivity contribution is 0.0621. The highest BCUT2D eigenvalue weighted by Crippen LogP contribution is 2.37. The summed E-state index contributed by atoms with van der Waals surface area (Å²) < 4.78 is 5.95. The smallest absolute Gasteiger partial charge is 0.170 e. The van der Waals surface area contributed by atoms with E-state index in [0.717, 1.165) is 21.8 Å². The molecule has 0 saturated carbocycles. The molecule has 0 spiro atoms. The molecule has 0 saturated heterocycles. The highest BCUT2D eigenvalue weighted by atomic mass is 16.5. The van der Waals surface area contributed by atoms with Gasteiger partial charge in [0.05, 0.1) is 17.5 Å². The minimum Gasteiger partial charge on any atom is -0.487 e. The molecule has 100 valence electrons. The van der Waals surface area contributed by atoms with Crippen LogP contribution in [0.1, 0.15) is 30.6 Å². The molecule has 0 radical (unpaired) electrons. The Kier molecular flexibility index (Phi) is 2.09. The maximum absolute atomic E-state index is 12.3. The number of carbonyl (C=O) groups is 1. The number of para-hydroxylation sites is 1. The molecular formula is C17H15NO2. The van der Waals surface area contributed by atoms with E-state index in [1.165, 1.54) is 0 Å². The number of H-pyrrole nitrogens is 1. The number of Topliss-reactive ketones (excluding diaryl/α,β-unsaturated/α-hetero) is 1. The van der Waals surface area contributed by atoms with Gasteiger partial charge in [0, 0.05) is 22.4 Å². The molecule has 0 unspecified atom stereocenters. The van der Waals surface area contributed by atoms with Crippen LogP contribution in [0.15, 0.2) is 36.4 Å². The summed E-state index contributed by atoms with van der Waals surface area (Å²) in [4.78, 5) is 15.7. The molecular weight excluding hydrogens is 250 g/mol. The van der Waals surface area contributed by atoms with Crippen LogP contribution < -0.4 is 4.74 Å². The number of hydrogen-bond donors (Lipinski definition) is 1. The Bertz CT molecular complexity index is 858. The van der Waals surface area contributed by atoms with E-state index in [1.807, 2.05) is 44.2 Å². The fraction of sp³-hybridized carbons (Fsp3) is 0.235. The Morgan fingerprint density at radius 2 is 1.90 bits per heavy atom. The molecule has 1 aliphatic heterocycles. The second-order valence-electron chi connectivity index (χ2n) is 6.03. The maximum Gasteiger partial charge on any atom is 0.170 e. The van der Waals surface area contributed by atoms with Gasteiger partial charge in [-0.05, 0) is 26.0 Å². The van der Waals surface area contributed by atoms with Crippen molar-refractivity contribution in [2.24, 2.45) is 0 Å². The molecule has 0 atom stereocenters. The molecule has 3 nitrogen and oxygen atoms in total. The van der Waals surface area contributed by atoms with Gasteiger partial charge in [0.15, 0.2) is 5.78 Å². The van der Waals surface area contributed by atoms with Gasteiger partial charge in [-0.1, -0.05) is 18.2 Å². The van der Waals surface area contributed by atoms with Crippen LogP contribution in [-0.2, 0) is 0 Å². The number of hydrogen-bond acceptors (Lipinski definition) is 2. The van der Waals surface area contributed by atoms with Crippen molar-refractivity contribution in [3.8, 4) is 5.75 Å². The van der Waals surface area contributed by atoms with Gasteiger partial charge < -0.3 is 9.72 Å². The predicted octanol–water partition coefficient (Wildman–Crippen LogP) is 4.06. The number of aromatic amines is 1. The molecule has 3 aromatic rings. The van der Waals surface area contributed by atoms with E-state index in [2.05, 4.69) is 11.1 Å². The number of ketones is 1. The first-order valence-corrected chi connectivity index (χ1v) is 6.80. The molecule has 3 heteroatoms. The molecule has 0 amide bonds. The molecule has 0 bridgehead atoms. The van der Waals surface area contributed by atoms with Crippen LogP contribution >= 0.6 is 0 Å². The highest BCUT2D eigenvalue weighted by Gasteiger charge is 2.32. The topological polar surface area (TPSA) is 42.1 Å². The van der Waals surface area contributed by atoms with Crippen LogP contribution in [0.2, 0.25) is 0 Å². The van der Waals surface area contributed by atoms with Crippen LogP contribution in [-0.4, -0.2) is 16.4 Å². The zero-order chi connectivity index (χ0) is 13.9. The second kappa shape index (κ2) is 3.63. The standard InChI is InChI=1S/C17H15NO2/c1-17(2)9-15(19)12-7-11-10-5-3-4-6-13(10)18-14(11)8-16(12)20-17/h3-8,18H,9H2,1-2H3. The monoisotopic (exact) mass is 265 g/mol. The third-order valence-corrected chi connectivity index (χ3v) is 3.88. The lowest BCUT2D eigenvalue weighted by Crippen LogP contribution is -2.35. The van der Waals surface area contributed by atoms with Crippen LogP contribution in [0.3, 0.4) is 0 Å². The van der Waals surface area contributed by atoms with E-state index < -0.39 is 5.60 Å². The number of ether oxygens (including phenoxy) is 1. The molecule has 2 heterocycles. The van der Waals surface area contributed by atoms with Crippen LogP contribution in [0.25, 0.3) is 21.8 Å². The third kappa shape index (κ3) is 1.56. The highest BCUT2D eigenvalue weighted by molar-refractivity contribution is 6.12. The maximum atomic E-state index is 12.3. The fourth-order valence-electron chi connectivity index (χ4n) is 3.00. The molecule has 2 aromatic carbocycles. The summed E-state index contributed by atoms with van der Waals surface area (Å²) in [5.74, 6) is 0.841.